The zero-order valence-corrected chi connectivity index (χ0v) is 14.2. The molecule has 1 saturated heterocycles. The molecular formula is C21H22N2O2. The Kier molecular flexibility index (Phi) is 4.51. The Balaban J connectivity index is 1.42. The van der Waals surface area contributed by atoms with E-state index in [1.54, 1.807) is 0 Å². The lowest BCUT2D eigenvalue weighted by molar-refractivity contribution is -0.131. The van der Waals surface area contributed by atoms with Gasteiger partial charge in [-0.3, -0.25) is 4.79 Å². The highest BCUT2D eigenvalue weighted by Gasteiger charge is 2.29. The molecule has 0 aliphatic carbocycles. The van der Waals surface area contributed by atoms with Gasteiger partial charge in [-0.1, -0.05) is 47.6 Å². The van der Waals surface area contributed by atoms with Crippen LogP contribution in [0.15, 0.2) is 59.1 Å². The van der Waals surface area contributed by atoms with Gasteiger partial charge in [-0.05, 0) is 43.4 Å². The van der Waals surface area contributed by atoms with E-state index in [2.05, 4.69) is 29.4 Å². The highest BCUT2D eigenvalue weighted by atomic mass is 16.5. The summed E-state index contributed by atoms with van der Waals surface area (Å²) in [6.45, 7) is 0.855. The van der Waals surface area contributed by atoms with Crippen LogP contribution in [0.1, 0.15) is 30.5 Å². The molecule has 0 N–H and O–H groups in total. The molecule has 4 rings (SSSR count). The van der Waals surface area contributed by atoms with Gasteiger partial charge in [-0.2, -0.15) is 0 Å². The van der Waals surface area contributed by atoms with Gasteiger partial charge in [-0.25, -0.2) is 0 Å². The van der Waals surface area contributed by atoms with Crippen molar-refractivity contribution in [3.05, 3.63) is 65.9 Å². The second kappa shape index (κ2) is 7.09. The maximum Gasteiger partial charge on any atom is 0.228 e. The van der Waals surface area contributed by atoms with E-state index in [1.807, 2.05) is 35.2 Å². The summed E-state index contributed by atoms with van der Waals surface area (Å²) >= 11 is 0. The molecule has 1 amide bonds. The number of amides is 1. The minimum atomic E-state index is 0.162. The average molecular weight is 334 g/mol. The number of hydrogen-bond donors (Lipinski definition) is 0. The third kappa shape index (κ3) is 3.43. The predicted molar refractivity (Wildman–Crippen MR) is 97.2 cm³/mol. The molecule has 1 fully saturated rings. The monoisotopic (exact) mass is 334 g/mol. The van der Waals surface area contributed by atoms with E-state index in [-0.39, 0.29) is 5.91 Å². The van der Waals surface area contributed by atoms with Gasteiger partial charge >= 0.3 is 0 Å². The Morgan fingerprint density at radius 1 is 1.12 bits per heavy atom. The van der Waals surface area contributed by atoms with Gasteiger partial charge in [0.1, 0.15) is 5.69 Å². The highest BCUT2D eigenvalue weighted by molar-refractivity contribution is 5.86. The number of benzene rings is 2. The van der Waals surface area contributed by atoms with Crippen molar-refractivity contribution >= 4 is 16.9 Å². The Labute approximate surface area is 147 Å². The van der Waals surface area contributed by atoms with Gasteiger partial charge in [-0.15, -0.1) is 0 Å². The van der Waals surface area contributed by atoms with Crippen molar-refractivity contribution in [2.75, 3.05) is 6.54 Å². The molecule has 1 aliphatic heterocycles. The summed E-state index contributed by atoms with van der Waals surface area (Å²) in [6.07, 6.45) is 4.54. The fourth-order valence-corrected chi connectivity index (χ4v) is 3.75. The Hall–Kier alpha value is -2.62. The smallest absolute Gasteiger partial charge is 0.228 e. The number of hydrogen-bond acceptors (Lipinski definition) is 3. The minimum Gasteiger partial charge on any atom is -0.356 e. The molecule has 2 aromatic carbocycles. The van der Waals surface area contributed by atoms with Crippen LogP contribution in [0.3, 0.4) is 0 Å². The van der Waals surface area contributed by atoms with Crippen LogP contribution in [0.25, 0.3) is 11.0 Å². The Morgan fingerprint density at radius 2 is 1.92 bits per heavy atom. The maximum absolute atomic E-state index is 12.8. The van der Waals surface area contributed by atoms with Crippen molar-refractivity contribution in [3.8, 4) is 0 Å². The van der Waals surface area contributed by atoms with Gasteiger partial charge < -0.3 is 9.42 Å². The summed E-state index contributed by atoms with van der Waals surface area (Å²) in [5.74, 6) is 0.162. The first-order valence-electron chi connectivity index (χ1n) is 8.98. The zero-order chi connectivity index (χ0) is 17.1. The second-order valence-corrected chi connectivity index (χ2v) is 6.71. The summed E-state index contributed by atoms with van der Waals surface area (Å²) in [5, 5.41) is 5.04. The molecule has 1 atom stereocenters. The van der Waals surface area contributed by atoms with E-state index >= 15 is 0 Å². The maximum atomic E-state index is 12.8. The summed E-state index contributed by atoms with van der Waals surface area (Å²) in [6, 6.07) is 18.5. The standard InChI is InChI=1S/C21H22N2O2/c24-21(15-19-18-10-4-5-11-20(18)25-22-19)23-14-6-9-17(23)13-12-16-7-2-1-3-8-16/h1-5,7-8,10-11,17H,6,9,12-15H2. The summed E-state index contributed by atoms with van der Waals surface area (Å²) in [4.78, 5) is 14.9. The quantitative estimate of drug-likeness (QED) is 0.708. The van der Waals surface area contributed by atoms with Crippen molar-refractivity contribution < 1.29 is 9.32 Å². The van der Waals surface area contributed by atoms with Crippen molar-refractivity contribution in [2.45, 2.75) is 38.1 Å². The van der Waals surface area contributed by atoms with Crippen molar-refractivity contribution in [2.24, 2.45) is 0 Å². The van der Waals surface area contributed by atoms with Crippen LogP contribution < -0.4 is 0 Å². The fourth-order valence-electron chi connectivity index (χ4n) is 3.75. The van der Waals surface area contributed by atoms with Crippen molar-refractivity contribution in [1.29, 1.82) is 0 Å². The lowest BCUT2D eigenvalue weighted by atomic mass is 10.0. The predicted octanol–water partition coefficient (Wildman–Crippen LogP) is 3.99. The minimum absolute atomic E-state index is 0.162. The average Bonchev–Trinajstić information content (AvgIpc) is 3.28. The molecule has 2 heterocycles. The zero-order valence-electron chi connectivity index (χ0n) is 14.2. The first-order chi connectivity index (χ1) is 12.3. The molecular weight excluding hydrogens is 312 g/mol. The highest BCUT2D eigenvalue weighted by Crippen LogP contribution is 2.24. The van der Waals surface area contributed by atoms with Crippen LogP contribution >= 0.6 is 0 Å². The van der Waals surface area contributed by atoms with Gasteiger partial charge in [0.05, 0.1) is 6.42 Å². The van der Waals surface area contributed by atoms with E-state index in [9.17, 15) is 4.79 Å². The number of rotatable bonds is 5. The van der Waals surface area contributed by atoms with Crippen LogP contribution in [0, 0.1) is 0 Å². The van der Waals surface area contributed by atoms with E-state index < -0.39 is 0 Å². The van der Waals surface area contributed by atoms with Gasteiger partial charge in [0.15, 0.2) is 5.58 Å². The molecule has 25 heavy (non-hydrogen) atoms. The van der Waals surface area contributed by atoms with Crippen LogP contribution in [0.4, 0.5) is 0 Å². The molecule has 1 aromatic heterocycles. The second-order valence-electron chi connectivity index (χ2n) is 6.71. The molecule has 4 nitrogen and oxygen atoms in total. The number of fused-ring (bicyclic) bond motifs is 1. The molecule has 0 saturated carbocycles. The number of carbonyl (C=O) groups excluding carboxylic acids is 1. The molecule has 0 radical (unpaired) electrons. The van der Waals surface area contributed by atoms with Crippen molar-refractivity contribution in [1.82, 2.24) is 10.1 Å². The number of nitrogens with zero attached hydrogens (tertiary/aromatic N) is 2. The molecule has 4 heteroatoms. The Morgan fingerprint density at radius 3 is 2.80 bits per heavy atom. The molecule has 128 valence electrons. The first-order valence-corrected chi connectivity index (χ1v) is 8.98. The number of para-hydroxylation sites is 1. The lowest BCUT2D eigenvalue weighted by Gasteiger charge is -2.24. The molecule has 0 bridgehead atoms. The van der Waals surface area contributed by atoms with Crippen LogP contribution in [-0.4, -0.2) is 28.6 Å². The number of carbonyl (C=O) groups is 1. The van der Waals surface area contributed by atoms with Crippen molar-refractivity contribution in [3.63, 3.8) is 0 Å². The topological polar surface area (TPSA) is 46.3 Å². The van der Waals surface area contributed by atoms with Gasteiger partial charge in [0, 0.05) is 18.0 Å². The molecule has 0 spiro atoms. The van der Waals surface area contributed by atoms with Crippen LogP contribution in [0.2, 0.25) is 0 Å². The molecule has 1 unspecified atom stereocenters. The fraction of sp³-hybridized carbons (Fsp3) is 0.333. The molecule has 1 aliphatic rings. The number of aryl methyl sites for hydroxylation is 1. The summed E-state index contributed by atoms with van der Waals surface area (Å²) < 4.78 is 5.32. The third-order valence-corrected chi connectivity index (χ3v) is 5.08. The largest absolute Gasteiger partial charge is 0.356 e. The van der Waals surface area contributed by atoms with Gasteiger partial charge in [0.2, 0.25) is 5.91 Å². The van der Waals surface area contributed by atoms with E-state index in [1.165, 1.54) is 5.56 Å². The van der Waals surface area contributed by atoms with Gasteiger partial charge in [0.25, 0.3) is 0 Å². The van der Waals surface area contributed by atoms with E-state index in [4.69, 9.17) is 4.52 Å². The van der Waals surface area contributed by atoms with E-state index in [0.29, 0.717) is 12.5 Å². The van der Waals surface area contributed by atoms with Crippen LogP contribution in [-0.2, 0) is 17.6 Å². The molecule has 3 aromatic rings. The summed E-state index contributed by atoms with van der Waals surface area (Å²) in [5.41, 5.74) is 2.82. The van der Waals surface area contributed by atoms with Crippen LogP contribution in [0.5, 0.6) is 0 Å². The number of aromatic nitrogens is 1. The van der Waals surface area contributed by atoms with E-state index in [0.717, 1.165) is 48.9 Å². The third-order valence-electron chi connectivity index (χ3n) is 5.08. The lowest BCUT2D eigenvalue weighted by Crippen LogP contribution is -2.36. The first kappa shape index (κ1) is 15.9. The SMILES string of the molecule is O=C(Cc1noc2ccccc12)N1CCCC1CCc1ccccc1. The number of likely N-dealkylation sites (tertiary alicyclic amines) is 1. The normalized spacial score (nSPS) is 17.3. The Bertz CT molecular complexity index is 856. The summed E-state index contributed by atoms with van der Waals surface area (Å²) in [7, 11) is 0.